The lowest BCUT2D eigenvalue weighted by Crippen LogP contribution is -2.52. The molecular formula is C22H24N6. The molecular weight excluding hydrogens is 348 g/mol. The van der Waals surface area contributed by atoms with Crippen LogP contribution in [0.4, 0.5) is 11.5 Å². The summed E-state index contributed by atoms with van der Waals surface area (Å²) >= 11 is 0. The van der Waals surface area contributed by atoms with E-state index in [1.807, 2.05) is 0 Å². The summed E-state index contributed by atoms with van der Waals surface area (Å²) in [6, 6.07) is 15.5. The van der Waals surface area contributed by atoms with Crippen molar-refractivity contribution in [2.45, 2.75) is 26.8 Å². The lowest BCUT2D eigenvalue weighted by Gasteiger charge is -2.41. The largest absolute Gasteiger partial charge is 0.365 e. The summed E-state index contributed by atoms with van der Waals surface area (Å²) in [5, 5.41) is 8.55. The van der Waals surface area contributed by atoms with Gasteiger partial charge in [-0.15, -0.1) is 10.2 Å². The van der Waals surface area contributed by atoms with Crippen molar-refractivity contribution in [1.29, 1.82) is 0 Å². The molecule has 1 aliphatic heterocycles. The van der Waals surface area contributed by atoms with E-state index in [9.17, 15) is 0 Å². The number of hydrogen-bond acceptors (Lipinski definition) is 5. The Balaban J connectivity index is 1.51. The normalized spacial score (nSPS) is 17.6. The van der Waals surface area contributed by atoms with Gasteiger partial charge in [-0.1, -0.05) is 18.2 Å². The van der Waals surface area contributed by atoms with Crippen LogP contribution < -0.4 is 9.80 Å². The van der Waals surface area contributed by atoms with Crippen molar-refractivity contribution < 1.29 is 0 Å². The zero-order valence-electron chi connectivity index (χ0n) is 16.5. The number of anilines is 2. The first-order valence-corrected chi connectivity index (χ1v) is 9.78. The number of hydrogen-bond donors (Lipinski definition) is 0. The fourth-order valence-corrected chi connectivity index (χ4v) is 4.20. The van der Waals surface area contributed by atoms with Crippen LogP contribution in [0.15, 0.2) is 48.8 Å². The Morgan fingerprint density at radius 2 is 1.86 bits per heavy atom. The quantitative estimate of drug-likeness (QED) is 0.538. The minimum atomic E-state index is 0.383. The molecule has 0 amide bonds. The minimum absolute atomic E-state index is 0.383. The second-order valence-electron chi connectivity index (χ2n) is 7.78. The predicted molar refractivity (Wildman–Crippen MR) is 113 cm³/mol. The van der Waals surface area contributed by atoms with Crippen molar-refractivity contribution in [3.63, 3.8) is 0 Å². The topological polar surface area (TPSA) is 49.6 Å². The zero-order chi connectivity index (χ0) is 19.3. The van der Waals surface area contributed by atoms with Crippen molar-refractivity contribution in [2.24, 2.45) is 0 Å². The van der Waals surface area contributed by atoms with E-state index in [4.69, 9.17) is 4.98 Å². The molecule has 1 aliphatic rings. The zero-order valence-corrected chi connectivity index (χ0v) is 16.5. The molecule has 28 heavy (non-hydrogen) atoms. The van der Waals surface area contributed by atoms with Gasteiger partial charge in [-0.05, 0) is 56.2 Å². The second kappa shape index (κ2) is 6.48. The van der Waals surface area contributed by atoms with Crippen LogP contribution in [-0.2, 0) is 0 Å². The van der Waals surface area contributed by atoms with Gasteiger partial charge in [-0.2, -0.15) is 0 Å². The van der Waals surface area contributed by atoms with Crippen LogP contribution in [0.2, 0.25) is 0 Å². The maximum absolute atomic E-state index is 4.97. The summed E-state index contributed by atoms with van der Waals surface area (Å²) in [4.78, 5) is 9.80. The Labute approximate surface area is 164 Å². The van der Waals surface area contributed by atoms with E-state index in [1.54, 1.807) is 6.33 Å². The number of piperazine rings is 1. The van der Waals surface area contributed by atoms with Crippen molar-refractivity contribution in [3.8, 4) is 0 Å². The highest BCUT2D eigenvalue weighted by Crippen LogP contribution is 2.28. The molecule has 0 N–H and O–H groups in total. The molecule has 142 valence electrons. The van der Waals surface area contributed by atoms with Crippen LogP contribution in [0.3, 0.4) is 0 Å². The van der Waals surface area contributed by atoms with Crippen LogP contribution in [0, 0.1) is 13.8 Å². The molecule has 1 fully saturated rings. The van der Waals surface area contributed by atoms with E-state index in [1.165, 1.54) is 16.8 Å². The molecule has 3 heterocycles. The summed E-state index contributed by atoms with van der Waals surface area (Å²) < 4.78 is 2.06. The number of aromatic nitrogens is 4. The van der Waals surface area contributed by atoms with Crippen molar-refractivity contribution >= 4 is 28.2 Å². The van der Waals surface area contributed by atoms with E-state index < -0.39 is 0 Å². The lowest BCUT2D eigenvalue weighted by molar-refractivity contribution is 0.548. The fourth-order valence-electron chi connectivity index (χ4n) is 4.20. The maximum Gasteiger partial charge on any atom is 0.204 e. The third-order valence-corrected chi connectivity index (χ3v) is 5.62. The third kappa shape index (κ3) is 2.76. The molecule has 2 aromatic heterocycles. The number of nitrogens with zero attached hydrogens (tertiary/aromatic N) is 6. The van der Waals surface area contributed by atoms with E-state index in [-0.39, 0.29) is 0 Å². The van der Waals surface area contributed by atoms with Crippen LogP contribution in [0.5, 0.6) is 0 Å². The second-order valence-corrected chi connectivity index (χ2v) is 7.78. The van der Waals surface area contributed by atoms with Crippen LogP contribution in [0.25, 0.3) is 16.7 Å². The van der Waals surface area contributed by atoms with Crippen LogP contribution in [-0.4, -0.2) is 45.3 Å². The SMILES string of the molecule is Cc1cccc(N2CCN(c3nc4ccc(C)cc4n4cnnc34)C[C@H]2C)c1. The van der Waals surface area contributed by atoms with Gasteiger partial charge < -0.3 is 9.80 Å². The number of rotatable bonds is 2. The molecule has 2 aromatic carbocycles. The molecule has 4 aromatic rings. The van der Waals surface area contributed by atoms with E-state index in [2.05, 4.69) is 87.6 Å². The van der Waals surface area contributed by atoms with Gasteiger partial charge in [0.1, 0.15) is 6.33 Å². The third-order valence-electron chi connectivity index (χ3n) is 5.62. The van der Waals surface area contributed by atoms with E-state index in [0.29, 0.717) is 6.04 Å². The van der Waals surface area contributed by atoms with Crippen LogP contribution >= 0.6 is 0 Å². The Hall–Kier alpha value is -3.15. The Bertz CT molecular complexity index is 1160. The lowest BCUT2D eigenvalue weighted by atomic mass is 10.1. The average molecular weight is 372 g/mol. The summed E-state index contributed by atoms with van der Waals surface area (Å²) in [7, 11) is 0. The first kappa shape index (κ1) is 17.0. The fraction of sp³-hybridized carbons (Fsp3) is 0.318. The van der Waals surface area contributed by atoms with Gasteiger partial charge in [0.2, 0.25) is 5.65 Å². The van der Waals surface area contributed by atoms with E-state index >= 15 is 0 Å². The standard InChI is InChI=1S/C22H24N6/c1-15-5-4-6-18(11-15)27-10-9-26(13-17(27)3)21-22-25-23-14-28(22)20-12-16(2)7-8-19(20)24-21/h4-8,11-12,14,17H,9-10,13H2,1-3H3/t17-/m1/s1. The first-order chi connectivity index (χ1) is 13.6. The van der Waals surface area contributed by atoms with Crippen molar-refractivity contribution in [1.82, 2.24) is 19.6 Å². The summed E-state index contributed by atoms with van der Waals surface area (Å²) in [5.74, 6) is 0.921. The highest BCUT2D eigenvalue weighted by Gasteiger charge is 2.27. The van der Waals surface area contributed by atoms with Crippen molar-refractivity contribution in [3.05, 3.63) is 59.9 Å². The van der Waals surface area contributed by atoms with Gasteiger partial charge in [0.05, 0.1) is 11.0 Å². The van der Waals surface area contributed by atoms with Gasteiger partial charge in [-0.25, -0.2) is 4.98 Å². The van der Waals surface area contributed by atoms with Gasteiger partial charge in [0.15, 0.2) is 5.82 Å². The molecule has 0 saturated carbocycles. The monoisotopic (exact) mass is 372 g/mol. The summed E-state index contributed by atoms with van der Waals surface area (Å²) in [6.45, 7) is 9.29. The number of benzene rings is 2. The van der Waals surface area contributed by atoms with E-state index in [0.717, 1.165) is 42.1 Å². The Kier molecular flexibility index (Phi) is 3.93. The smallest absolute Gasteiger partial charge is 0.204 e. The Morgan fingerprint density at radius 1 is 1.00 bits per heavy atom. The van der Waals surface area contributed by atoms with Gasteiger partial charge in [0, 0.05) is 31.4 Å². The molecule has 0 radical (unpaired) electrons. The molecule has 1 atom stereocenters. The van der Waals surface area contributed by atoms with Crippen molar-refractivity contribution in [2.75, 3.05) is 29.4 Å². The average Bonchev–Trinajstić information content (AvgIpc) is 3.17. The maximum atomic E-state index is 4.97. The molecule has 6 nitrogen and oxygen atoms in total. The summed E-state index contributed by atoms with van der Waals surface area (Å²) in [6.07, 6.45) is 1.79. The Morgan fingerprint density at radius 3 is 2.68 bits per heavy atom. The number of aryl methyl sites for hydroxylation is 2. The molecule has 0 bridgehead atoms. The molecule has 0 spiro atoms. The highest BCUT2D eigenvalue weighted by atomic mass is 15.3. The van der Waals surface area contributed by atoms with Crippen LogP contribution in [0.1, 0.15) is 18.1 Å². The molecule has 1 saturated heterocycles. The van der Waals surface area contributed by atoms with Gasteiger partial charge in [-0.3, -0.25) is 4.40 Å². The highest BCUT2D eigenvalue weighted by molar-refractivity contribution is 5.83. The minimum Gasteiger partial charge on any atom is -0.365 e. The molecule has 0 aliphatic carbocycles. The molecule has 5 rings (SSSR count). The predicted octanol–water partition coefficient (Wildman–Crippen LogP) is 3.61. The summed E-state index contributed by atoms with van der Waals surface area (Å²) in [5.41, 5.74) is 6.65. The number of fused-ring (bicyclic) bond motifs is 3. The molecule has 0 unspecified atom stereocenters. The molecule has 6 heteroatoms. The van der Waals surface area contributed by atoms with Gasteiger partial charge >= 0.3 is 0 Å². The first-order valence-electron chi connectivity index (χ1n) is 9.78. The van der Waals surface area contributed by atoms with Gasteiger partial charge in [0.25, 0.3) is 0 Å².